The van der Waals surface area contributed by atoms with Gasteiger partial charge in [-0.1, -0.05) is 78.7 Å². The second-order valence-electron chi connectivity index (χ2n) is 19.0. The molecule has 0 saturated heterocycles. The fourth-order valence-corrected chi connectivity index (χ4v) is 11.8. The molecule has 0 bridgehead atoms. The Balaban J connectivity index is 1.67. The van der Waals surface area contributed by atoms with Gasteiger partial charge in [-0.15, -0.1) is 0 Å². The molecule has 3 saturated carbocycles. The summed E-state index contributed by atoms with van der Waals surface area (Å²) in [5.74, 6) is 1.56. The van der Waals surface area contributed by atoms with Crippen LogP contribution in [0.15, 0.2) is 23.3 Å². The van der Waals surface area contributed by atoms with Crippen LogP contribution in [0.2, 0.25) is 36.3 Å². The highest BCUT2D eigenvalue weighted by Crippen LogP contribution is 2.66. The van der Waals surface area contributed by atoms with E-state index in [-0.39, 0.29) is 45.1 Å². The third kappa shape index (κ3) is 6.65. The Labute approximate surface area is 279 Å². The SMILES string of the molecule is CC(O[C@@H](C)C(=O)N(C)C)[C@H]1CC[C@H]2C3=CC=C4C[C@@H](O[Si](C)(C)C(C)(C)C)C[C@H](O[Si](C)(C)C(C)(C)C)[C@]4(C)[C@H]3CC[C@]12C. The van der Waals surface area contributed by atoms with Crippen molar-refractivity contribution in [3.8, 4) is 0 Å². The van der Waals surface area contributed by atoms with Gasteiger partial charge < -0.3 is 18.5 Å². The van der Waals surface area contributed by atoms with Gasteiger partial charge in [-0.3, -0.25) is 4.79 Å². The Kier molecular flexibility index (Phi) is 10.1. The Morgan fingerprint density at radius 2 is 1.47 bits per heavy atom. The summed E-state index contributed by atoms with van der Waals surface area (Å²) in [4.78, 5) is 14.3. The molecule has 1 amide bonds. The third-order valence-corrected chi connectivity index (χ3v) is 23.0. The highest BCUT2D eigenvalue weighted by Gasteiger charge is 2.61. The molecule has 0 spiro atoms. The molecule has 4 aliphatic carbocycles. The van der Waals surface area contributed by atoms with Crippen LogP contribution in [-0.2, 0) is 18.4 Å². The highest BCUT2D eigenvalue weighted by atomic mass is 28.4. The molecule has 0 N–H and O–H groups in total. The number of fused-ring (bicyclic) bond motifs is 5. The molecule has 0 heterocycles. The summed E-state index contributed by atoms with van der Waals surface area (Å²) in [6.45, 7) is 33.1. The minimum atomic E-state index is -2.04. The van der Waals surface area contributed by atoms with Crippen molar-refractivity contribution in [3.63, 3.8) is 0 Å². The van der Waals surface area contributed by atoms with Crippen LogP contribution in [0.25, 0.3) is 0 Å². The molecule has 45 heavy (non-hydrogen) atoms. The van der Waals surface area contributed by atoms with Crippen LogP contribution < -0.4 is 0 Å². The van der Waals surface area contributed by atoms with Gasteiger partial charge in [-0.25, -0.2) is 0 Å². The van der Waals surface area contributed by atoms with Crippen molar-refractivity contribution < 1.29 is 18.4 Å². The molecular formula is C38H69NO4Si2. The van der Waals surface area contributed by atoms with Crippen molar-refractivity contribution in [2.45, 2.75) is 168 Å². The number of hydrogen-bond donors (Lipinski definition) is 0. The van der Waals surface area contributed by atoms with E-state index in [9.17, 15) is 4.79 Å². The maximum Gasteiger partial charge on any atom is 0.250 e. The molecule has 7 heteroatoms. The number of allylic oxidation sites excluding steroid dienone is 3. The fourth-order valence-electron chi connectivity index (χ4n) is 9.04. The Morgan fingerprint density at radius 3 is 2.02 bits per heavy atom. The van der Waals surface area contributed by atoms with Crippen LogP contribution in [-0.4, -0.2) is 66.0 Å². The average molecular weight is 660 g/mol. The maximum atomic E-state index is 12.6. The van der Waals surface area contributed by atoms with E-state index in [2.05, 4.69) is 101 Å². The zero-order valence-corrected chi connectivity index (χ0v) is 34.0. The van der Waals surface area contributed by atoms with Crippen molar-refractivity contribution in [3.05, 3.63) is 23.3 Å². The minimum absolute atomic E-state index is 0.0128. The van der Waals surface area contributed by atoms with Gasteiger partial charge in [0.25, 0.3) is 5.91 Å². The lowest BCUT2D eigenvalue weighted by Crippen LogP contribution is -2.58. The number of hydrogen-bond acceptors (Lipinski definition) is 4. The number of rotatable bonds is 8. The monoisotopic (exact) mass is 659 g/mol. The largest absolute Gasteiger partial charge is 0.414 e. The second kappa shape index (κ2) is 12.3. The van der Waals surface area contributed by atoms with E-state index in [0.29, 0.717) is 17.8 Å². The zero-order valence-electron chi connectivity index (χ0n) is 32.0. The van der Waals surface area contributed by atoms with Crippen LogP contribution >= 0.6 is 0 Å². The predicted octanol–water partition coefficient (Wildman–Crippen LogP) is 9.76. The molecule has 0 aliphatic heterocycles. The number of nitrogens with zero attached hydrogens (tertiary/aromatic N) is 1. The summed E-state index contributed by atoms with van der Waals surface area (Å²) < 4.78 is 21.1. The number of likely N-dealkylation sites (N-methyl/N-ethyl adjacent to an activating group) is 1. The Bertz CT molecular complexity index is 1180. The fraction of sp³-hybridized carbons (Fsp3) is 0.868. The van der Waals surface area contributed by atoms with Crippen LogP contribution in [0.5, 0.6) is 0 Å². The quantitative estimate of drug-likeness (QED) is 0.244. The van der Waals surface area contributed by atoms with Gasteiger partial charge in [0.05, 0.1) is 18.3 Å². The van der Waals surface area contributed by atoms with Crippen molar-refractivity contribution in [1.29, 1.82) is 0 Å². The van der Waals surface area contributed by atoms with Gasteiger partial charge >= 0.3 is 0 Å². The van der Waals surface area contributed by atoms with E-state index in [1.807, 2.05) is 21.0 Å². The van der Waals surface area contributed by atoms with Gasteiger partial charge in [0, 0.05) is 19.5 Å². The first-order valence-corrected chi connectivity index (χ1v) is 23.8. The van der Waals surface area contributed by atoms with Crippen molar-refractivity contribution in [2.24, 2.45) is 28.6 Å². The predicted molar refractivity (Wildman–Crippen MR) is 193 cm³/mol. The summed E-state index contributed by atoms with van der Waals surface area (Å²) in [6.07, 6.45) is 11.8. The van der Waals surface area contributed by atoms with E-state index in [1.165, 1.54) is 19.3 Å². The Hall–Kier alpha value is -0.736. The van der Waals surface area contributed by atoms with Crippen molar-refractivity contribution in [1.82, 2.24) is 4.90 Å². The highest BCUT2D eigenvalue weighted by molar-refractivity contribution is 6.74. The lowest BCUT2D eigenvalue weighted by Gasteiger charge is -2.59. The first-order chi connectivity index (χ1) is 20.4. The van der Waals surface area contributed by atoms with E-state index in [0.717, 1.165) is 19.3 Å². The van der Waals surface area contributed by atoms with Crippen LogP contribution in [0.4, 0.5) is 0 Å². The molecule has 9 atom stereocenters. The normalized spacial score (nSPS) is 35.4. The van der Waals surface area contributed by atoms with Crippen LogP contribution in [0, 0.1) is 28.6 Å². The lowest BCUT2D eigenvalue weighted by atomic mass is 9.49. The van der Waals surface area contributed by atoms with Gasteiger partial charge in [-0.2, -0.15) is 0 Å². The zero-order chi connectivity index (χ0) is 34.1. The van der Waals surface area contributed by atoms with Crippen molar-refractivity contribution >= 4 is 22.5 Å². The maximum absolute atomic E-state index is 12.6. The van der Waals surface area contributed by atoms with E-state index in [4.69, 9.17) is 13.6 Å². The topological polar surface area (TPSA) is 48.0 Å². The summed E-state index contributed by atoms with van der Waals surface area (Å²) in [5.41, 5.74) is 3.39. The molecule has 0 aromatic heterocycles. The molecule has 4 aliphatic rings. The lowest BCUT2D eigenvalue weighted by molar-refractivity contribution is -0.147. The smallest absolute Gasteiger partial charge is 0.250 e. The second-order valence-corrected chi connectivity index (χ2v) is 28.5. The molecule has 3 fully saturated rings. The molecule has 0 radical (unpaired) electrons. The molecular weight excluding hydrogens is 591 g/mol. The standard InChI is InChI=1S/C38H69NO4Si2/c1-25(41-26(2)34(40)39(11)12)30-19-20-31-29-18-17-27-23-28(42-44(13,14)35(3,4)5)24-33(43-45(15,16)36(6,7)8)38(27,10)32(29)21-22-37(30,31)9/h17-18,25-26,28,30-33H,19-24H2,1-16H3/t25?,26-,28+,30+,31-,32-,33-,37+,38-/m0/s1. The molecule has 258 valence electrons. The van der Waals surface area contributed by atoms with E-state index < -0.39 is 22.7 Å². The minimum Gasteiger partial charge on any atom is -0.414 e. The van der Waals surface area contributed by atoms with Gasteiger partial charge in [0.1, 0.15) is 6.10 Å². The van der Waals surface area contributed by atoms with Crippen molar-refractivity contribution in [2.75, 3.05) is 14.1 Å². The number of carbonyl (C=O) groups excluding carboxylic acids is 1. The van der Waals surface area contributed by atoms with E-state index >= 15 is 0 Å². The third-order valence-electron chi connectivity index (χ3n) is 14.0. The van der Waals surface area contributed by atoms with Gasteiger partial charge in [0.2, 0.25) is 0 Å². The van der Waals surface area contributed by atoms with Gasteiger partial charge in [-0.05, 0) is 112 Å². The van der Waals surface area contributed by atoms with Crippen LogP contribution in [0.3, 0.4) is 0 Å². The summed E-state index contributed by atoms with van der Waals surface area (Å²) in [7, 11) is -0.335. The number of ether oxygens (including phenoxy) is 1. The summed E-state index contributed by atoms with van der Waals surface area (Å²) in [5, 5.41) is 0.335. The summed E-state index contributed by atoms with van der Waals surface area (Å²) >= 11 is 0. The average Bonchev–Trinajstić information content (AvgIpc) is 3.24. The number of carbonyl (C=O) groups is 1. The van der Waals surface area contributed by atoms with Gasteiger partial charge in [0.15, 0.2) is 16.6 Å². The summed E-state index contributed by atoms with van der Waals surface area (Å²) in [6, 6.07) is 0. The molecule has 0 aromatic carbocycles. The first kappa shape index (κ1) is 37.1. The molecule has 4 rings (SSSR count). The molecule has 0 aromatic rings. The first-order valence-electron chi connectivity index (χ1n) is 18.0. The molecule has 5 nitrogen and oxygen atoms in total. The number of amides is 1. The molecule has 1 unspecified atom stereocenters. The van der Waals surface area contributed by atoms with E-state index in [1.54, 1.807) is 16.0 Å². The Morgan fingerprint density at radius 1 is 0.889 bits per heavy atom. The van der Waals surface area contributed by atoms with Crippen LogP contribution in [0.1, 0.15) is 108 Å².